The van der Waals surface area contributed by atoms with Gasteiger partial charge in [-0.25, -0.2) is 0 Å². The van der Waals surface area contributed by atoms with Crippen LogP contribution in [0, 0.1) is 0 Å². The Kier molecular flexibility index (Phi) is 6.08. The highest BCUT2D eigenvalue weighted by Crippen LogP contribution is 2.42. The molecular weight excluding hydrogens is 362 g/mol. The predicted molar refractivity (Wildman–Crippen MR) is 104 cm³/mol. The molecule has 3 rings (SSSR count). The van der Waals surface area contributed by atoms with Gasteiger partial charge in [0.05, 0.1) is 0 Å². The van der Waals surface area contributed by atoms with Crippen molar-refractivity contribution in [3.05, 3.63) is 59.4 Å². The summed E-state index contributed by atoms with van der Waals surface area (Å²) in [5.74, 6) is 0.422. The predicted octanol–water partition coefficient (Wildman–Crippen LogP) is 5.99. The van der Waals surface area contributed by atoms with Crippen LogP contribution in [0.25, 0.3) is 11.1 Å². The number of pyridine rings is 1. The summed E-state index contributed by atoms with van der Waals surface area (Å²) in [4.78, 5) is 4.31. The van der Waals surface area contributed by atoms with Crippen LogP contribution in [0.4, 0.5) is 0 Å². The molecule has 0 saturated carbocycles. The second-order valence-electron chi connectivity index (χ2n) is 6.36. The number of aryl methyl sites for hydroxylation is 1. The van der Waals surface area contributed by atoms with Gasteiger partial charge in [0.1, 0.15) is 5.75 Å². The van der Waals surface area contributed by atoms with Gasteiger partial charge in [-0.2, -0.15) is 0 Å². The Morgan fingerprint density at radius 1 is 1.04 bits per heavy atom. The molecule has 0 amide bonds. The molecule has 0 fully saturated rings. The molecule has 1 aromatic carbocycles. The fourth-order valence-corrected chi connectivity index (χ4v) is 4.01. The molecular formula is C21H24BrNO. The highest BCUT2D eigenvalue weighted by Gasteiger charge is 2.21. The summed E-state index contributed by atoms with van der Waals surface area (Å²) in [6.07, 6.45) is 11.5. The normalized spacial score (nSPS) is 14.4. The molecule has 0 aliphatic heterocycles. The summed E-state index contributed by atoms with van der Waals surface area (Å²) in [6.45, 7) is 0. The van der Waals surface area contributed by atoms with E-state index in [1.54, 1.807) is 0 Å². The number of phenolic OH excluding ortho intramolecular Hbond substituents is 1. The van der Waals surface area contributed by atoms with Crippen LogP contribution in [0.1, 0.15) is 55.2 Å². The minimum Gasteiger partial charge on any atom is -0.507 e. The van der Waals surface area contributed by atoms with Crippen LogP contribution < -0.4 is 0 Å². The zero-order valence-electron chi connectivity index (χ0n) is 14.0. The molecule has 3 heteroatoms. The van der Waals surface area contributed by atoms with Gasteiger partial charge in [-0.1, -0.05) is 40.5 Å². The van der Waals surface area contributed by atoms with Crippen molar-refractivity contribution in [2.45, 2.75) is 44.9 Å². The minimum absolute atomic E-state index is 0.422. The van der Waals surface area contributed by atoms with Crippen LogP contribution in [-0.2, 0) is 6.42 Å². The number of hydrogen-bond acceptors (Lipinski definition) is 2. The van der Waals surface area contributed by atoms with Crippen molar-refractivity contribution in [2.75, 3.05) is 5.33 Å². The molecule has 1 aromatic heterocycles. The summed E-state index contributed by atoms with van der Waals surface area (Å²) in [5.41, 5.74) is 6.24. The zero-order chi connectivity index (χ0) is 16.8. The monoisotopic (exact) mass is 385 g/mol. The van der Waals surface area contributed by atoms with Crippen LogP contribution >= 0.6 is 15.9 Å². The van der Waals surface area contributed by atoms with E-state index in [2.05, 4.69) is 33.0 Å². The van der Waals surface area contributed by atoms with Crippen LogP contribution in [0.2, 0.25) is 0 Å². The number of aromatic nitrogens is 1. The van der Waals surface area contributed by atoms with Crippen molar-refractivity contribution in [1.29, 1.82) is 0 Å². The lowest BCUT2D eigenvalue weighted by Gasteiger charge is -2.17. The van der Waals surface area contributed by atoms with Crippen molar-refractivity contribution in [3.63, 3.8) is 0 Å². The van der Waals surface area contributed by atoms with Crippen molar-refractivity contribution in [2.24, 2.45) is 0 Å². The molecule has 0 bridgehead atoms. The summed E-state index contributed by atoms with van der Waals surface area (Å²) >= 11 is 3.51. The van der Waals surface area contributed by atoms with Gasteiger partial charge in [0, 0.05) is 23.3 Å². The number of aromatic hydroxyl groups is 1. The van der Waals surface area contributed by atoms with Gasteiger partial charge >= 0.3 is 0 Å². The van der Waals surface area contributed by atoms with Gasteiger partial charge in [-0.15, -0.1) is 0 Å². The number of benzene rings is 1. The number of unbranched alkanes of at least 4 members (excludes halogenated alkanes) is 2. The molecule has 1 aliphatic carbocycles. The fourth-order valence-electron chi connectivity index (χ4n) is 3.61. The Bertz CT molecular complexity index is 709. The van der Waals surface area contributed by atoms with Gasteiger partial charge in [0.25, 0.3) is 0 Å². The maximum atomic E-state index is 10.6. The van der Waals surface area contributed by atoms with E-state index in [0.717, 1.165) is 43.0 Å². The smallest absolute Gasteiger partial charge is 0.123 e. The number of halogens is 1. The number of fused-ring (bicyclic) bond motifs is 1. The summed E-state index contributed by atoms with van der Waals surface area (Å²) < 4.78 is 0. The standard InChI is InChI=1S/C21H24BrNO/c22-13-3-1-2-10-19-18(17-9-6-14-23-15-17)11-4-7-16-8-5-12-20(24)21(16)19/h5-6,8-9,12,14-15,24H,1-4,7,10-11,13H2. The van der Waals surface area contributed by atoms with Crippen LogP contribution in [0.5, 0.6) is 5.75 Å². The van der Waals surface area contributed by atoms with Gasteiger partial charge in [-0.3, -0.25) is 4.98 Å². The Balaban J connectivity index is 2.05. The van der Waals surface area contributed by atoms with Crippen molar-refractivity contribution in [3.8, 4) is 5.75 Å². The van der Waals surface area contributed by atoms with Gasteiger partial charge < -0.3 is 5.11 Å². The van der Waals surface area contributed by atoms with Gasteiger partial charge in [0.15, 0.2) is 0 Å². The molecule has 0 saturated heterocycles. The van der Waals surface area contributed by atoms with E-state index >= 15 is 0 Å². The van der Waals surface area contributed by atoms with Crippen LogP contribution in [0.15, 0.2) is 42.7 Å². The van der Waals surface area contributed by atoms with Crippen molar-refractivity contribution < 1.29 is 5.11 Å². The molecule has 24 heavy (non-hydrogen) atoms. The van der Waals surface area contributed by atoms with E-state index in [9.17, 15) is 5.11 Å². The Labute approximate surface area is 152 Å². The lowest BCUT2D eigenvalue weighted by atomic mass is 9.89. The molecule has 1 aliphatic rings. The van der Waals surface area contributed by atoms with Crippen LogP contribution in [-0.4, -0.2) is 15.4 Å². The number of alkyl halides is 1. The lowest BCUT2D eigenvalue weighted by molar-refractivity contribution is 0.472. The third kappa shape index (κ3) is 3.89. The first-order valence-electron chi connectivity index (χ1n) is 8.81. The third-order valence-corrected chi connectivity index (χ3v) is 5.30. The van der Waals surface area contributed by atoms with Crippen molar-refractivity contribution >= 4 is 27.1 Å². The van der Waals surface area contributed by atoms with E-state index in [-0.39, 0.29) is 0 Å². The number of rotatable bonds is 6. The summed E-state index contributed by atoms with van der Waals surface area (Å²) in [5, 5.41) is 11.6. The Morgan fingerprint density at radius 2 is 1.96 bits per heavy atom. The first-order valence-corrected chi connectivity index (χ1v) is 9.93. The van der Waals surface area contributed by atoms with E-state index in [1.165, 1.54) is 35.1 Å². The minimum atomic E-state index is 0.422. The third-order valence-electron chi connectivity index (χ3n) is 4.74. The molecule has 0 unspecified atom stereocenters. The highest BCUT2D eigenvalue weighted by atomic mass is 79.9. The first kappa shape index (κ1) is 17.2. The second-order valence-corrected chi connectivity index (χ2v) is 7.16. The SMILES string of the molecule is Oc1cccc2c1C(CCCCCBr)=C(c1cccnc1)CCC2. The average Bonchev–Trinajstić information content (AvgIpc) is 2.80. The molecule has 2 aromatic rings. The summed E-state index contributed by atoms with van der Waals surface area (Å²) in [7, 11) is 0. The van der Waals surface area contributed by atoms with E-state index in [1.807, 2.05) is 30.6 Å². The Morgan fingerprint density at radius 3 is 2.75 bits per heavy atom. The maximum Gasteiger partial charge on any atom is 0.123 e. The molecule has 2 nitrogen and oxygen atoms in total. The maximum absolute atomic E-state index is 10.6. The van der Waals surface area contributed by atoms with E-state index < -0.39 is 0 Å². The second kappa shape index (κ2) is 8.48. The van der Waals surface area contributed by atoms with E-state index in [4.69, 9.17) is 0 Å². The highest BCUT2D eigenvalue weighted by molar-refractivity contribution is 9.09. The van der Waals surface area contributed by atoms with Gasteiger partial charge in [-0.05, 0) is 72.9 Å². The quantitative estimate of drug-likeness (QED) is 0.489. The number of nitrogens with zero attached hydrogens (tertiary/aromatic N) is 1. The van der Waals surface area contributed by atoms with Gasteiger partial charge in [0.2, 0.25) is 0 Å². The largest absolute Gasteiger partial charge is 0.507 e. The molecule has 0 radical (unpaired) electrons. The number of hydrogen-bond donors (Lipinski definition) is 1. The summed E-state index contributed by atoms with van der Waals surface area (Å²) in [6, 6.07) is 10.1. The zero-order valence-corrected chi connectivity index (χ0v) is 15.6. The van der Waals surface area contributed by atoms with Crippen molar-refractivity contribution in [1.82, 2.24) is 4.98 Å². The molecule has 0 atom stereocenters. The van der Waals surface area contributed by atoms with E-state index in [0.29, 0.717) is 5.75 Å². The molecule has 1 N–H and O–H groups in total. The molecule has 0 spiro atoms. The molecule has 1 heterocycles. The Hall–Kier alpha value is -1.61. The van der Waals surface area contributed by atoms with Crippen LogP contribution in [0.3, 0.4) is 0 Å². The topological polar surface area (TPSA) is 33.1 Å². The number of allylic oxidation sites excluding steroid dienone is 2. The lowest BCUT2D eigenvalue weighted by Crippen LogP contribution is -1.96. The average molecular weight is 386 g/mol. The first-order chi connectivity index (χ1) is 11.8. The molecule has 126 valence electrons. The fraction of sp³-hybridized carbons (Fsp3) is 0.381. The number of phenols is 1.